The number of aryl methyl sites for hydroxylation is 1. The summed E-state index contributed by atoms with van der Waals surface area (Å²) in [5.74, 6) is -0.896. The maximum Gasteiger partial charge on any atom is 0.409 e. The molecular weight excluding hydrogens is 408 g/mol. The molecule has 2 aromatic rings. The fourth-order valence-corrected chi connectivity index (χ4v) is 3.92. The van der Waals surface area contributed by atoms with Gasteiger partial charge in [-0.1, -0.05) is 0 Å². The van der Waals surface area contributed by atoms with Crippen molar-refractivity contribution in [3.63, 3.8) is 0 Å². The van der Waals surface area contributed by atoms with Gasteiger partial charge in [0, 0.05) is 57.3 Å². The van der Waals surface area contributed by atoms with Gasteiger partial charge in [-0.25, -0.2) is 18.3 Å². The van der Waals surface area contributed by atoms with Crippen LogP contribution < -0.4 is 10.2 Å². The number of methoxy groups -OCH3 is 1. The second kappa shape index (κ2) is 8.64. The van der Waals surface area contributed by atoms with Crippen molar-refractivity contribution < 1.29 is 18.3 Å². The number of carbonyl (C=O) groups is 1. The second-order valence-electron chi connectivity index (χ2n) is 8.03. The van der Waals surface area contributed by atoms with E-state index in [1.54, 1.807) is 9.58 Å². The Balaban J connectivity index is 1.55. The first-order chi connectivity index (χ1) is 14.8. The maximum absolute atomic E-state index is 13.5. The summed E-state index contributed by atoms with van der Waals surface area (Å²) in [7, 11) is 1.37. The largest absolute Gasteiger partial charge is 0.453 e. The Labute approximate surface area is 179 Å². The van der Waals surface area contributed by atoms with Crippen molar-refractivity contribution >= 4 is 17.9 Å². The van der Waals surface area contributed by atoms with Gasteiger partial charge in [0.2, 0.25) is 11.9 Å². The third kappa shape index (κ3) is 5.02. The van der Waals surface area contributed by atoms with Crippen molar-refractivity contribution in [2.75, 3.05) is 43.5 Å². The molecule has 1 N–H and O–H groups in total. The Kier molecular flexibility index (Phi) is 5.92. The van der Waals surface area contributed by atoms with Crippen molar-refractivity contribution in [1.29, 1.82) is 0 Å². The molecule has 3 heterocycles. The zero-order valence-electron chi connectivity index (χ0n) is 17.7. The number of nitrogens with zero attached hydrogens (tertiary/aromatic N) is 6. The predicted octanol–water partition coefficient (Wildman–Crippen LogP) is 2.85. The van der Waals surface area contributed by atoms with Crippen LogP contribution in [-0.2, 0) is 4.74 Å². The highest BCUT2D eigenvalue weighted by molar-refractivity contribution is 5.68. The standard InChI is InChI=1S/C20H27F2N7O2/c1-14-5-8-29(26-14)17-13-16(27-9-11-28(12-10-27)19(30)31-2)24-18(25-17)23-15-3-6-20(21,22)7-4-15/h5,8,13,15H,3-4,6-7,9-12H2,1-2H3,(H,23,24,25). The second-order valence-corrected chi connectivity index (χ2v) is 8.03. The lowest BCUT2D eigenvalue weighted by Gasteiger charge is -2.35. The number of rotatable bonds is 4. The minimum absolute atomic E-state index is 0.0988. The predicted molar refractivity (Wildman–Crippen MR) is 111 cm³/mol. The first-order valence-electron chi connectivity index (χ1n) is 10.5. The molecule has 1 aliphatic heterocycles. The van der Waals surface area contributed by atoms with Crippen molar-refractivity contribution in [2.24, 2.45) is 0 Å². The fraction of sp³-hybridized carbons (Fsp3) is 0.600. The minimum Gasteiger partial charge on any atom is -0.453 e. The van der Waals surface area contributed by atoms with Crippen molar-refractivity contribution in [3.05, 3.63) is 24.0 Å². The first kappa shape index (κ1) is 21.3. The monoisotopic (exact) mass is 435 g/mol. The average molecular weight is 435 g/mol. The zero-order chi connectivity index (χ0) is 22.0. The van der Waals surface area contributed by atoms with Crippen LogP contribution in [-0.4, -0.2) is 76.0 Å². The molecule has 0 atom stereocenters. The van der Waals surface area contributed by atoms with Crippen LogP contribution >= 0.6 is 0 Å². The molecule has 1 amide bonds. The molecule has 2 aliphatic rings. The number of anilines is 2. The summed E-state index contributed by atoms with van der Waals surface area (Å²) in [4.78, 5) is 24.7. The van der Waals surface area contributed by atoms with Gasteiger partial charge < -0.3 is 19.9 Å². The van der Waals surface area contributed by atoms with Gasteiger partial charge in [0.05, 0.1) is 12.8 Å². The van der Waals surface area contributed by atoms with E-state index in [-0.39, 0.29) is 25.0 Å². The summed E-state index contributed by atoms with van der Waals surface area (Å²) in [6.45, 7) is 4.13. The van der Waals surface area contributed by atoms with Crippen molar-refractivity contribution in [1.82, 2.24) is 24.6 Å². The number of aromatic nitrogens is 4. The summed E-state index contributed by atoms with van der Waals surface area (Å²) >= 11 is 0. The lowest BCUT2D eigenvalue weighted by atomic mass is 9.92. The van der Waals surface area contributed by atoms with E-state index in [1.165, 1.54) is 7.11 Å². The molecule has 11 heteroatoms. The molecule has 0 bridgehead atoms. The highest BCUT2D eigenvalue weighted by Crippen LogP contribution is 2.34. The molecule has 0 radical (unpaired) electrons. The maximum atomic E-state index is 13.5. The van der Waals surface area contributed by atoms with E-state index in [2.05, 4.69) is 25.3 Å². The summed E-state index contributed by atoms with van der Waals surface area (Å²) in [5.41, 5.74) is 0.857. The minimum atomic E-state index is -2.59. The van der Waals surface area contributed by atoms with E-state index in [4.69, 9.17) is 4.74 Å². The molecule has 2 aromatic heterocycles. The molecule has 0 spiro atoms. The highest BCUT2D eigenvalue weighted by Gasteiger charge is 2.35. The fourth-order valence-electron chi connectivity index (χ4n) is 3.92. The van der Waals surface area contributed by atoms with Crippen LogP contribution in [0.1, 0.15) is 31.4 Å². The quantitative estimate of drug-likeness (QED) is 0.790. The third-order valence-corrected chi connectivity index (χ3v) is 5.74. The van der Waals surface area contributed by atoms with Crippen LogP contribution in [0.15, 0.2) is 18.3 Å². The van der Waals surface area contributed by atoms with Crippen LogP contribution in [0.2, 0.25) is 0 Å². The van der Waals surface area contributed by atoms with E-state index in [0.29, 0.717) is 56.6 Å². The van der Waals surface area contributed by atoms with Gasteiger partial charge in [-0.3, -0.25) is 0 Å². The molecule has 1 saturated carbocycles. The molecule has 9 nitrogen and oxygen atoms in total. The topological polar surface area (TPSA) is 88.4 Å². The molecule has 0 unspecified atom stereocenters. The van der Waals surface area contributed by atoms with Gasteiger partial charge in [-0.2, -0.15) is 15.1 Å². The molecule has 0 aromatic carbocycles. The number of ether oxygens (including phenoxy) is 1. The summed E-state index contributed by atoms with van der Waals surface area (Å²) in [6.07, 6.45) is 1.95. The van der Waals surface area contributed by atoms with Crippen molar-refractivity contribution in [3.8, 4) is 5.82 Å². The Morgan fingerprint density at radius 3 is 2.45 bits per heavy atom. The number of amides is 1. The summed E-state index contributed by atoms with van der Waals surface area (Å²) in [6, 6.07) is 3.63. The lowest BCUT2D eigenvalue weighted by molar-refractivity contribution is -0.0361. The summed E-state index contributed by atoms with van der Waals surface area (Å²) in [5, 5.41) is 7.68. The number of halogens is 2. The number of carbonyl (C=O) groups excluding carboxylic acids is 1. The number of hydrogen-bond donors (Lipinski definition) is 1. The van der Waals surface area contributed by atoms with Crippen LogP contribution in [0.5, 0.6) is 0 Å². The Morgan fingerprint density at radius 2 is 1.84 bits per heavy atom. The SMILES string of the molecule is COC(=O)N1CCN(c2cc(-n3ccc(C)n3)nc(NC3CCC(F)(F)CC3)n2)CC1. The summed E-state index contributed by atoms with van der Waals surface area (Å²) < 4.78 is 33.5. The Hall–Kier alpha value is -2.98. The van der Waals surface area contributed by atoms with E-state index in [1.807, 2.05) is 25.3 Å². The Morgan fingerprint density at radius 1 is 1.16 bits per heavy atom. The first-order valence-corrected chi connectivity index (χ1v) is 10.5. The molecule has 168 valence electrons. The van der Waals surface area contributed by atoms with Crippen LogP contribution in [0.4, 0.5) is 25.3 Å². The number of alkyl halides is 2. The van der Waals surface area contributed by atoms with E-state index < -0.39 is 5.92 Å². The normalized spacial score (nSPS) is 19.4. The van der Waals surface area contributed by atoms with Gasteiger partial charge in [0.1, 0.15) is 5.82 Å². The molecule has 31 heavy (non-hydrogen) atoms. The number of hydrogen-bond acceptors (Lipinski definition) is 7. The van der Waals surface area contributed by atoms with Gasteiger partial charge in [0.25, 0.3) is 0 Å². The molecular formula is C20H27F2N7O2. The van der Waals surface area contributed by atoms with Crippen LogP contribution in [0, 0.1) is 6.92 Å². The van der Waals surface area contributed by atoms with Gasteiger partial charge in [-0.15, -0.1) is 0 Å². The molecule has 2 fully saturated rings. The highest BCUT2D eigenvalue weighted by atomic mass is 19.3. The van der Waals surface area contributed by atoms with Crippen molar-refractivity contribution in [2.45, 2.75) is 44.6 Å². The molecule has 4 rings (SSSR count). The Bertz CT molecular complexity index is 918. The number of piperazine rings is 1. The third-order valence-electron chi connectivity index (χ3n) is 5.74. The molecule has 1 saturated heterocycles. The molecule has 1 aliphatic carbocycles. The van der Waals surface area contributed by atoms with E-state index in [0.717, 1.165) is 5.69 Å². The number of nitrogens with one attached hydrogen (secondary N) is 1. The van der Waals surface area contributed by atoms with Gasteiger partial charge in [0.15, 0.2) is 5.82 Å². The van der Waals surface area contributed by atoms with Gasteiger partial charge >= 0.3 is 6.09 Å². The van der Waals surface area contributed by atoms with E-state index >= 15 is 0 Å². The van der Waals surface area contributed by atoms with E-state index in [9.17, 15) is 13.6 Å². The zero-order valence-corrected chi connectivity index (χ0v) is 17.7. The smallest absolute Gasteiger partial charge is 0.409 e. The lowest BCUT2D eigenvalue weighted by Crippen LogP contribution is -2.49. The van der Waals surface area contributed by atoms with Gasteiger partial charge in [-0.05, 0) is 25.8 Å². The van der Waals surface area contributed by atoms with Crippen LogP contribution in [0.3, 0.4) is 0 Å². The average Bonchev–Trinajstić information content (AvgIpc) is 3.21. The van der Waals surface area contributed by atoms with Crippen LogP contribution in [0.25, 0.3) is 5.82 Å².